The van der Waals surface area contributed by atoms with Crippen molar-refractivity contribution in [3.63, 3.8) is 0 Å². The van der Waals surface area contributed by atoms with E-state index in [4.69, 9.17) is 0 Å². The maximum atomic E-state index is 12.7. The number of carbonyl (C=O) groups is 1. The van der Waals surface area contributed by atoms with Crippen LogP contribution >= 0.6 is 11.3 Å². The summed E-state index contributed by atoms with van der Waals surface area (Å²) in [5.41, 5.74) is -0.508. The third-order valence-electron chi connectivity index (χ3n) is 3.95. The first-order valence-corrected chi connectivity index (χ1v) is 10.7. The number of alkyl halides is 3. The molecule has 2 rings (SSSR count). The molecule has 150 valence electrons. The smallest absolute Gasteiger partial charge is 0.355 e. The first-order valence-electron chi connectivity index (χ1n) is 8.25. The minimum Gasteiger partial charge on any atom is -0.355 e. The lowest BCUT2D eigenvalue weighted by Gasteiger charge is -2.19. The maximum Gasteiger partial charge on any atom is 0.416 e. The molecule has 0 bridgehead atoms. The van der Waals surface area contributed by atoms with E-state index < -0.39 is 26.3 Å². The topological polar surface area (TPSA) is 76.1 Å². The second-order valence-corrected chi connectivity index (χ2v) is 11.0. The van der Waals surface area contributed by atoms with Gasteiger partial charge in [-0.2, -0.15) is 13.2 Å². The van der Waals surface area contributed by atoms with Crippen LogP contribution in [-0.2, 0) is 27.2 Å². The maximum absolute atomic E-state index is 12.7. The third-order valence-corrected chi connectivity index (χ3v) is 7.65. The number of carbonyl (C=O) groups excluding carboxylic acids is 1. The number of rotatable bonds is 6. The van der Waals surface area contributed by atoms with Crippen molar-refractivity contribution < 1.29 is 26.4 Å². The van der Waals surface area contributed by atoms with Crippen molar-refractivity contribution in [1.29, 1.82) is 0 Å². The van der Waals surface area contributed by atoms with Gasteiger partial charge in [0.15, 0.2) is 9.84 Å². The van der Waals surface area contributed by atoms with Gasteiger partial charge >= 0.3 is 6.18 Å². The summed E-state index contributed by atoms with van der Waals surface area (Å²) in [6.07, 6.45) is -4.06. The summed E-state index contributed by atoms with van der Waals surface area (Å²) in [5.74, 6) is -0.474. The highest BCUT2D eigenvalue weighted by Gasteiger charge is 2.31. The summed E-state index contributed by atoms with van der Waals surface area (Å²) in [4.78, 5) is 16.0. The SMILES string of the molecule is CC(C)(C)S(=O)(=O)CCNC(=O)CCc1nc2cc(C(F)(F)F)ccc2s1. The van der Waals surface area contributed by atoms with E-state index in [0.717, 1.165) is 12.1 Å². The van der Waals surface area contributed by atoms with Gasteiger partial charge in [0.2, 0.25) is 5.91 Å². The fraction of sp³-hybridized carbons (Fsp3) is 0.529. The normalized spacial score (nSPS) is 13.1. The quantitative estimate of drug-likeness (QED) is 0.772. The van der Waals surface area contributed by atoms with E-state index in [2.05, 4.69) is 10.3 Å². The average molecular weight is 422 g/mol. The molecule has 5 nitrogen and oxygen atoms in total. The Hall–Kier alpha value is -1.68. The molecule has 0 spiro atoms. The molecule has 1 aromatic carbocycles. The fourth-order valence-electron chi connectivity index (χ4n) is 2.20. The van der Waals surface area contributed by atoms with Crippen LogP contribution in [0, 0.1) is 0 Å². The fourth-order valence-corrected chi connectivity index (χ4v) is 4.13. The highest BCUT2D eigenvalue weighted by Crippen LogP contribution is 2.33. The highest BCUT2D eigenvalue weighted by atomic mass is 32.2. The lowest BCUT2D eigenvalue weighted by Crippen LogP contribution is -2.36. The predicted octanol–water partition coefficient (Wildman–Crippen LogP) is 3.58. The van der Waals surface area contributed by atoms with Crippen molar-refractivity contribution in [1.82, 2.24) is 10.3 Å². The third kappa shape index (κ3) is 5.65. The average Bonchev–Trinajstić information content (AvgIpc) is 2.92. The lowest BCUT2D eigenvalue weighted by molar-refractivity contribution is -0.137. The summed E-state index contributed by atoms with van der Waals surface area (Å²) >= 11 is 1.24. The molecule has 1 aromatic heterocycles. The van der Waals surface area contributed by atoms with Gasteiger partial charge < -0.3 is 5.32 Å². The van der Waals surface area contributed by atoms with Crippen LogP contribution in [0.15, 0.2) is 18.2 Å². The zero-order valence-electron chi connectivity index (χ0n) is 15.2. The number of hydrogen-bond donors (Lipinski definition) is 1. The zero-order valence-corrected chi connectivity index (χ0v) is 16.8. The summed E-state index contributed by atoms with van der Waals surface area (Å²) in [7, 11) is -3.31. The molecule has 0 aliphatic heterocycles. The molecule has 1 N–H and O–H groups in total. The van der Waals surface area contributed by atoms with Crippen molar-refractivity contribution in [2.24, 2.45) is 0 Å². The van der Waals surface area contributed by atoms with E-state index in [9.17, 15) is 26.4 Å². The van der Waals surface area contributed by atoms with E-state index in [1.807, 2.05) is 0 Å². The number of aromatic nitrogens is 1. The summed E-state index contributed by atoms with van der Waals surface area (Å²) in [6, 6.07) is 3.37. The van der Waals surface area contributed by atoms with Crippen molar-refractivity contribution in [3.8, 4) is 0 Å². The van der Waals surface area contributed by atoms with Crippen LogP contribution in [0.3, 0.4) is 0 Å². The van der Waals surface area contributed by atoms with Crippen molar-refractivity contribution >= 4 is 37.3 Å². The first kappa shape index (κ1) is 21.6. The molecular weight excluding hydrogens is 401 g/mol. The van der Waals surface area contributed by atoms with Gasteiger partial charge in [-0.3, -0.25) is 4.79 Å². The molecule has 0 radical (unpaired) electrons. The molecule has 1 heterocycles. The number of aryl methyl sites for hydroxylation is 1. The molecular formula is C17H21F3N2O3S2. The Morgan fingerprint density at radius 1 is 1.22 bits per heavy atom. The van der Waals surface area contributed by atoms with Crippen LogP contribution in [-0.4, -0.2) is 36.4 Å². The molecule has 2 aromatic rings. The van der Waals surface area contributed by atoms with E-state index in [0.29, 0.717) is 9.71 Å². The monoisotopic (exact) mass is 422 g/mol. The Labute approximate surface area is 159 Å². The molecule has 0 atom stereocenters. The number of nitrogens with one attached hydrogen (secondary N) is 1. The molecule has 1 amide bonds. The van der Waals surface area contributed by atoms with Crippen LogP contribution in [0.5, 0.6) is 0 Å². The lowest BCUT2D eigenvalue weighted by atomic mass is 10.2. The van der Waals surface area contributed by atoms with Crippen LogP contribution in [0.1, 0.15) is 37.8 Å². The van der Waals surface area contributed by atoms with Gasteiger partial charge in [0.05, 0.1) is 31.3 Å². The molecule has 10 heteroatoms. The second kappa shape index (κ2) is 7.75. The Morgan fingerprint density at radius 2 is 1.89 bits per heavy atom. The summed E-state index contributed by atoms with van der Waals surface area (Å²) < 4.78 is 61.9. The standard InChI is InChI=1S/C17H21F3N2O3S2/c1-16(2,3)27(24,25)9-8-21-14(23)6-7-15-22-12-10-11(17(18,19)20)4-5-13(12)26-15/h4-5,10H,6-9H2,1-3H3,(H,21,23). The van der Waals surface area contributed by atoms with Crippen molar-refractivity contribution in [3.05, 3.63) is 28.8 Å². The number of hydrogen-bond acceptors (Lipinski definition) is 5. The van der Waals surface area contributed by atoms with Gasteiger partial charge in [-0.05, 0) is 39.0 Å². The van der Waals surface area contributed by atoms with E-state index >= 15 is 0 Å². The van der Waals surface area contributed by atoms with Crippen LogP contribution < -0.4 is 5.32 Å². The zero-order chi connectivity index (χ0) is 20.5. The van der Waals surface area contributed by atoms with Gasteiger partial charge in [0.1, 0.15) is 0 Å². The first-order chi connectivity index (χ1) is 12.3. The predicted molar refractivity (Wildman–Crippen MR) is 99.5 cm³/mol. The molecule has 27 heavy (non-hydrogen) atoms. The summed E-state index contributed by atoms with van der Waals surface area (Å²) in [5, 5.41) is 3.11. The molecule has 0 unspecified atom stereocenters. The number of thiazole rings is 1. The van der Waals surface area contributed by atoms with Gasteiger partial charge in [0.25, 0.3) is 0 Å². The molecule has 0 saturated heterocycles. The number of sulfone groups is 1. The minimum atomic E-state index is -4.43. The largest absolute Gasteiger partial charge is 0.416 e. The number of nitrogens with zero attached hydrogens (tertiary/aromatic N) is 1. The van der Waals surface area contributed by atoms with Gasteiger partial charge in [-0.1, -0.05) is 0 Å². The van der Waals surface area contributed by atoms with E-state index in [-0.39, 0.29) is 36.6 Å². The van der Waals surface area contributed by atoms with Gasteiger partial charge in [0, 0.05) is 19.4 Å². The van der Waals surface area contributed by atoms with Crippen LogP contribution in [0.2, 0.25) is 0 Å². The van der Waals surface area contributed by atoms with Crippen LogP contribution in [0.25, 0.3) is 10.2 Å². The molecule has 0 aliphatic carbocycles. The minimum absolute atomic E-state index is 0.0211. The van der Waals surface area contributed by atoms with Crippen molar-refractivity contribution in [2.45, 2.75) is 44.5 Å². The molecule has 0 aliphatic rings. The number of benzene rings is 1. The second-order valence-electron chi connectivity index (χ2n) is 7.07. The Bertz CT molecular complexity index is 929. The van der Waals surface area contributed by atoms with Crippen molar-refractivity contribution in [2.75, 3.05) is 12.3 Å². The van der Waals surface area contributed by atoms with Crippen LogP contribution in [0.4, 0.5) is 13.2 Å². The highest BCUT2D eigenvalue weighted by molar-refractivity contribution is 7.92. The van der Waals surface area contributed by atoms with Gasteiger partial charge in [-0.25, -0.2) is 13.4 Å². The van der Waals surface area contributed by atoms with Gasteiger partial charge in [-0.15, -0.1) is 11.3 Å². The Morgan fingerprint density at radius 3 is 2.48 bits per heavy atom. The van der Waals surface area contributed by atoms with E-state index in [1.165, 1.54) is 17.4 Å². The molecule has 0 fully saturated rings. The molecule has 0 saturated carbocycles. The van der Waals surface area contributed by atoms with E-state index in [1.54, 1.807) is 20.8 Å². The Balaban J connectivity index is 1.90. The summed E-state index contributed by atoms with van der Waals surface area (Å²) in [6.45, 7) is 4.82. The number of amides is 1. The number of halogens is 3. The number of fused-ring (bicyclic) bond motifs is 1. The Kier molecular flexibility index (Phi) is 6.20.